The lowest BCUT2D eigenvalue weighted by molar-refractivity contribution is 0.440. The smallest absolute Gasteiger partial charge is 0.205 e. The van der Waals surface area contributed by atoms with Crippen LogP contribution in [0.15, 0.2) is 24.3 Å². The van der Waals surface area contributed by atoms with Gasteiger partial charge in [0.15, 0.2) is 0 Å². The van der Waals surface area contributed by atoms with Crippen molar-refractivity contribution in [1.29, 1.82) is 0 Å². The first-order valence-corrected chi connectivity index (χ1v) is 8.71. The monoisotopic (exact) mass is 344 g/mol. The van der Waals surface area contributed by atoms with E-state index in [9.17, 15) is 4.39 Å². The number of hydrogen-bond donors (Lipinski definition) is 1. The fourth-order valence-corrected chi connectivity index (χ4v) is 3.74. The van der Waals surface area contributed by atoms with Crippen molar-refractivity contribution in [2.45, 2.75) is 38.8 Å². The second-order valence-electron chi connectivity index (χ2n) is 5.94. The molecule has 1 atom stereocenters. The quantitative estimate of drug-likeness (QED) is 0.788. The lowest BCUT2D eigenvalue weighted by Gasteiger charge is -2.22. The van der Waals surface area contributed by atoms with E-state index in [1.165, 1.54) is 23.5 Å². The van der Waals surface area contributed by atoms with Crippen LogP contribution < -0.4 is 5.32 Å². The van der Waals surface area contributed by atoms with E-state index in [0.717, 1.165) is 46.7 Å². The molecule has 0 amide bonds. The van der Waals surface area contributed by atoms with Crippen molar-refractivity contribution in [2.24, 2.45) is 0 Å². The third-order valence-electron chi connectivity index (χ3n) is 4.03. The molecule has 0 spiro atoms. The molecule has 124 valence electrons. The first-order valence-electron chi connectivity index (χ1n) is 7.89. The predicted octanol–water partition coefficient (Wildman–Crippen LogP) is 2.59. The molecule has 0 fully saturated rings. The minimum atomic E-state index is -0.224. The van der Waals surface area contributed by atoms with Gasteiger partial charge in [-0.2, -0.15) is 5.10 Å². The van der Waals surface area contributed by atoms with Crippen LogP contribution in [0.3, 0.4) is 0 Å². The minimum absolute atomic E-state index is 0.224. The van der Waals surface area contributed by atoms with Crippen LogP contribution in [0.25, 0.3) is 0 Å². The van der Waals surface area contributed by atoms with Crippen molar-refractivity contribution in [2.75, 3.05) is 5.32 Å². The normalized spacial score (nSPS) is 16.8. The van der Waals surface area contributed by atoms with E-state index in [-0.39, 0.29) is 11.9 Å². The number of benzene rings is 1. The van der Waals surface area contributed by atoms with Gasteiger partial charge in [0.1, 0.15) is 22.5 Å². The van der Waals surface area contributed by atoms with Crippen LogP contribution in [0.4, 0.5) is 9.52 Å². The van der Waals surface area contributed by atoms with E-state index in [1.807, 2.05) is 11.6 Å². The van der Waals surface area contributed by atoms with Crippen LogP contribution in [0.5, 0.6) is 0 Å². The molecule has 3 aromatic rings. The van der Waals surface area contributed by atoms with Gasteiger partial charge in [0.25, 0.3) is 0 Å². The van der Waals surface area contributed by atoms with Gasteiger partial charge >= 0.3 is 0 Å². The Morgan fingerprint density at radius 2 is 2.12 bits per heavy atom. The largest absolute Gasteiger partial charge is 0.355 e. The molecule has 4 rings (SSSR count). The van der Waals surface area contributed by atoms with Crippen LogP contribution in [-0.4, -0.2) is 31.0 Å². The van der Waals surface area contributed by atoms with Gasteiger partial charge in [-0.3, -0.25) is 0 Å². The Balaban J connectivity index is 1.39. The summed E-state index contributed by atoms with van der Waals surface area (Å²) < 4.78 is 14.9. The third-order valence-corrected chi connectivity index (χ3v) is 4.88. The van der Waals surface area contributed by atoms with Crippen molar-refractivity contribution >= 4 is 16.5 Å². The Morgan fingerprint density at radius 1 is 1.29 bits per heavy atom. The molecule has 0 aliphatic carbocycles. The maximum atomic E-state index is 13.0. The molecule has 1 aromatic carbocycles. The van der Waals surface area contributed by atoms with E-state index >= 15 is 0 Å². The molecule has 24 heavy (non-hydrogen) atoms. The van der Waals surface area contributed by atoms with Gasteiger partial charge < -0.3 is 5.32 Å². The molecule has 1 aliphatic heterocycles. The van der Waals surface area contributed by atoms with Crippen LogP contribution in [0, 0.1) is 12.7 Å². The molecule has 0 radical (unpaired) electrons. The molecule has 1 unspecified atom stereocenters. The van der Waals surface area contributed by atoms with Crippen molar-refractivity contribution in [3.63, 3.8) is 0 Å². The Kier molecular flexibility index (Phi) is 3.97. The summed E-state index contributed by atoms with van der Waals surface area (Å²) >= 11 is 1.54. The van der Waals surface area contributed by atoms with Crippen molar-refractivity contribution < 1.29 is 4.39 Å². The Labute approximate surface area is 142 Å². The number of aryl methyl sites for hydroxylation is 2. The van der Waals surface area contributed by atoms with E-state index in [1.54, 1.807) is 12.1 Å². The highest BCUT2D eigenvalue weighted by Gasteiger charge is 2.21. The highest BCUT2D eigenvalue weighted by Crippen LogP contribution is 2.22. The number of nitrogens with one attached hydrogen (secondary N) is 1. The van der Waals surface area contributed by atoms with Gasteiger partial charge in [-0.1, -0.05) is 23.5 Å². The second kappa shape index (κ2) is 6.27. The molecule has 0 bridgehead atoms. The van der Waals surface area contributed by atoms with Crippen molar-refractivity contribution in [1.82, 2.24) is 25.0 Å². The van der Waals surface area contributed by atoms with Gasteiger partial charge in [0, 0.05) is 18.9 Å². The fraction of sp³-hybridized carbons (Fsp3) is 0.375. The van der Waals surface area contributed by atoms with Crippen LogP contribution in [-0.2, 0) is 19.4 Å². The van der Waals surface area contributed by atoms with Gasteiger partial charge in [0.2, 0.25) is 5.13 Å². The Hall–Kier alpha value is -2.35. The molecule has 2 aromatic heterocycles. The van der Waals surface area contributed by atoms with E-state index in [4.69, 9.17) is 0 Å². The number of rotatable bonds is 4. The molecule has 6 nitrogen and oxygen atoms in total. The summed E-state index contributed by atoms with van der Waals surface area (Å²) in [7, 11) is 0. The third kappa shape index (κ3) is 3.28. The lowest BCUT2D eigenvalue weighted by atomic mass is 10.1. The number of aromatic nitrogens is 5. The SMILES string of the molecule is Cc1nc2n(n1)CC(Nc1nnc(Cc3ccc(F)cc3)s1)CC2. The minimum Gasteiger partial charge on any atom is -0.355 e. The molecule has 0 saturated heterocycles. The Bertz CT molecular complexity index is 841. The van der Waals surface area contributed by atoms with Gasteiger partial charge in [0.05, 0.1) is 6.54 Å². The molecule has 8 heteroatoms. The number of hydrogen-bond acceptors (Lipinski definition) is 6. The first kappa shape index (κ1) is 15.2. The summed E-state index contributed by atoms with van der Waals surface area (Å²) in [5.41, 5.74) is 1.03. The topological polar surface area (TPSA) is 68.5 Å². The number of fused-ring (bicyclic) bond motifs is 1. The van der Waals surface area contributed by atoms with Crippen LogP contribution >= 0.6 is 11.3 Å². The second-order valence-corrected chi connectivity index (χ2v) is 7.00. The van der Waals surface area contributed by atoms with Gasteiger partial charge in [-0.15, -0.1) is 10.2 Å². The highest BCUT2D eigenvalue weighted by atomic mass is 32.1. The summed E-state index contributed by atoms with van der Waals surface area (Å²) in [6, 6.07) is 6.77. The number of nitrogens with zero attached hydrogens (tertiary/aromatic N) is 5. The maximum absolute atomic E-state index is 13.0. The van der Waals surface area contributed by atoms with Crippen molar-refractivity contribution in [3.8, 4) is 0 Å². The highest BCUT2D eigenvalue weighted by molar-refractivity contribution is 7.15. The van der Waals surface area contributed by atoms with E-state index < -0.39 is 0 Å². The molecule has 1 N–H and O–H groups in total. The number of halogens is 1. The molecule has 3 heterocycles. The van der Waals surface area contributed by atoms with Crippen LogP contribution in [0.2, 0.25) is 0 Å². The molecular weight excluding hydrogens is 327 g/mol. The maximum Gasteiger partial charge on any atom is 0.205 e. The predicted molar refractivity (Wildman–Crippen MR) is 89.6 cm³/mol. The fourth-order valence-electron chi connectivity index (χ4n) is 2.89. The van der Waals surface area contributed by atoms with E-state index in [0.29, 0.717) is 6.42 Å². The average Bonchev–Trinajstić information content (AvgIpc) is 3.14. The molecule has 1 aliphatic rings. The van der Waals surface area contributed by atoms with Crippen LogP contribution in [0.1, 0.15) is 28.6 Å². The zero-order valence-corrected chi connectivity index (χ0v) is 14.1. The van der Waals surface area contributed by atoms with E-state index in [2.05, 4.69) is 25.6 Å². The van der Waals surface area contributed by atoms with Gasteiger partial charge in [-0.25, -0.2) is 14.1 Å². The van der Waals surface area contributed by atoms with Crippen molar-refractivity contribution in [3.05, 3.63) is 52.3 Å². The Morgan fingerprint density at radius 3 is 2.96 bits per heavy atom. The zero-order valence-electron chi connectivity index (χ0n) is 13.2. The first-order chi connectivity index (χ1) is 11.7. The van der Waals surface area contributed by atoms with Gasteiger partial charge in [-0.05, 0) is 31.0 Å². The zero-order chi connectivity index (χ0) is 16.5. The average molecular weight is 344 g/mol. The summed E-state index contributed by atoms with van der Waals surface area (Å²) in [6.07, 6.45) is 2.58. The summed E-state index contributed by atoms with van der Waals surface area (Å²) in [5.74, 6) is 1.65. The number of anilines is 1. The summed E-state index contributed by atoms with van der Waals surface area (Å²) in [4.78, 5) is 4.42. The standard InChI is InChI=1S/C16H17FN6S/c1-10-18-14-7-6-13(9-23(14)22-10)19-16-21-20-15(24-16)8-11-2-4-12(17)5-3-11/h2-5,13H,6-9H2,1H3,(H,19,21). The summed E-state index contributed by atoms with van der Waals surface area (Å²) in [5, 5.41) is 18.0. The molecular formula is C16H17FN6S. The lowest BCUT2D eigenvalue weighted by Crippen LogP contribution is -2.31. The molecule has 0 saturated carbocycles. The summed E-state index contributed by atoms with van der Waals surface area (Å²) in [6.45, 7) is 2.71.